The van der Waals surface area contributed by atoms with E-state index in [0.717, 1.165) is 41.0 Å². The lowest BCUT2D eigenvalue weighted by atomic mass is 9.78. The first-order valence-corrected chi connectivity index (χ1v) is 7.08. The summed E-state index contributed by atoms with van der Waals surface area (Å²) in [7, 11) is 3.39. The third kappa shape index (κ3) is 1.74. The van der Waals surface area contributed by atoms with Crippen LogP contribution in [0.15, 0.2) is 6.07 Å². The van der Waals surface area contributed by atoms with Crippen molar-refractivity contribution >= 4 is 17.4 Å². The topological polar surface area (TPSA) is 46.6 Å². The zero-order chi connectivity index (χ0) is 14.4. The molecule has 0 N–H and O–H groups in total. The summed E-state index contributed by atoms with van der Waals surface area (Å²) in [6.07, 6.45) is 2.87. The molecular formula is C16H19NO3. The highest BCUT2D eigenvalue weighted by atomic mass is 16.5. The Labute approximate surface area is 118 Å². The fourth-order valence-electron chi connectivity index (χ4n) is 3.28. The molecule has 4 heteroatoms. The van der Waals surface area contributed by atoms with Gasteiger partial charge in [0.05, 0.1) is 12.8 Å². The fourth-order valence-corrected chi connectivity index (χ4v) is 3.28. The van der Waals surface area contributed by atoms with Crippen LogP contribution in [0.25, 0.3) is 0 Å². The first-order valence-electron chi connectivity index (χ1n) is 7.08. The van der Waals surface area contributed by atoms with Crippen LogP contribution in [-0.2, 0) is 17.6 Å². The highest BCUT2D eigenvalue weighted by Gasteiger charge is 2.34. The van der Waals surface area contributed by atoms with E-state index >= 15 is 0 Å². The molecule has 0 bridgehead atoms. The molecule has 0 aromatic heterocycles. The lowest BCUT2D eigenvalue weighted by Crippen LogP contribution is -2.34. The van der Waals surface area contributed by atoms with E-state index < -0.39 is 0 Å². The highest BCUT2D eigenvalue weighted by Crippen LogP contribution is 2.41. The number of anilines is 1. The van der Waals surface area contributed by atoms with Gasteiger partial charge >= 0.3 is 0 Å². The number of ketones is 1. The first-order chi connectivity index (χ1) is 9.54. The van der Waals surface area contributed by atoms with Gasteiger partial charge in [-0.1, -0.05) is 6.92 Å². The summed E-state index contributed by atoms with van der Waals surface area (Å²) < 4.78 is 5.46. The number of fused-ring (bicyclic) bond motifs is 3. The molecule has 20 heavy (non-hydrogen) atoms. The van der Waals surface area contributed by atoms with Gasteiger partial charge in [0.2, 0.25) is 5.91 Å². The number of methoxy groups -OCH3 is 1. The number of carbonyl (C=O) groups excluding carboxylic acids is 2. The molecule has 3 rings (SSSR count). The van der Waals surface area contributed by atoms with Crippen molar-refractivity contribution in [3.05, 3.63) is 22.8 Å². The van der Waals surface area contributed by atoms with Crippen molar-refractivity contribution in [2.24, 2.45) is 5.92 Å². The van der Waals surface area contributed by atoms with E-state index in [9.17, 15) is 9.59 Å². The van der Waals surface area contributed by atoms with Gasteiger partial charge in [-0.05, 0) is 24.8 Å². The number of rotatable bonds is 1. The molecule has 1 heterocycles. The molecule has 0 spiro atoms. The van der Waals surface area contributed by atoms with E-state index in [2.05, 4.69) is 0 Å². The van der Waals surface area contributed by atoms with Gasteiger partial charge in [0.15, 0.2) is 5.78 Å². The molecule has 0 radical (unpaired) electrons. The Morgan fingerprint density at radius 3 is 2.65 bits per heavy atom. The molecule has 1 unspecified atom stereocenters. The van der Waals surface area contributed by atoms with Crippen LogP contribution in [0.1, 0.15) is 41.3 Å². The van der Waals surface area contributed by atoms with Gasteiger partial charge < -0.3 is 9.64 Å². The molecule has 1 aliphatic heterocycles. The SMILES string of the molecule is COc1cc2c(c3c1CCC(C)C3=O)CCC(=O)N2C. The van der Waals surface area contributed by atoms with Gasteiger partial charge in [-0.3, -0.25) is 9.59 Å². The third-order valence-corrected chi connectivity index (χ3v) is 4.54. The van der Waals surface area contributed by atoms with Crippen molar-refractivity contribution in [1.82, 2.24) is 0 Å². The predicted molar refractivity (Wildman–Crippen MR) is 76.5 cm³/mol. The molecule has 0 saturated heterocycles. The lowest BCUT2D eigenvalue weighted by molar-refractivity contribution is -0.118. The molecule has 1 aromatic carbocycles. The molecule has 0 fully saturated rings. The Morgan fingerprint density at radius 1 is 1.20 bits per heavy atom. The van der Waals surface area contributed by atoms with E-state index in [1.54, 1.807) is 19.1 Å². The van der Waals surface area contributed by atoms with Crippen LogP contribution in [0.5, 0.6) is 5.75 Å². The van der Waals surface area contributed by atoms with Crippen LogP contribution in [-0.4, -0.2) is 25.8 Å². The van der Waals surface area contributed by atoms with Gasteiger partial charge in [-0.25, -0.2) is 0 Å². The molecule has 4 nitrogen and oxygen atoms in total. The van der Waals surface area contributed by atoms with E-state index in [1.807, 2.05) is 13.0 Å². The Hall–Kier alpha value is -1.84. The second-order valence-electron chi connectivity index (χ2n) is 5.69. The van der Waals surface area contributed by atoms with Crippen LogP contribution in [0, 0.1) is 5.92 Å². The van der Waals surface area contributed by atoms with Crippen LogP contribution in [0.3, 0.4) is 0 Å². The Morgan fingerprint density at radius 2 is 1.95 bits per heavy atom. The molecule has 1 atom stereocenters. The summed E-state index contributed by atoms with van der Waals surface area (Å²) in [4.78, 5) is 26.1. The summed E-state index contributed by atoms with van der Waals surface area (Å²) >= 11 is 0. The molecule has 0 saturated carbocycles. The van der Waals surface area contributed by atoms with Crippen LogP contribution in [0.4, 0.5) is 5.69 Å². The number of hydrogen-bond acceptors (Lipinski definition) is 3. The Bertz CT molecular complexity index is 606. The summed E-state index contributed by atoms with van der Waals surface area (Å²) in [5.41, 5.74) is 3.70. The standard InChI is InChI=1S/C16H19NO3/c1-9-4-5-11-13(20-3)8-12-10(15(11)16(9)19)6-7-14(18)17(12)2/h8-9H,4-7H2,1-3H3. The summed E-state index contributed by atoms with van der Waals surface area (Å²) in [5.74, 6) is 1.09. The maximum Gasteiger partial charge on any atom is 0.227 e. The first kappa shape index (κ1) is 13.2. The molecular weight excluding hydrogens is 254 g/mol. The monoisotopic (exact) mass is 273 g/mol. The maximum absolute atomic E-state index is 12.6. The van der Waals surface area contributed by atoms with Crippen molar-refractivity contribution in [2.45, 2.75) is 32.6 Å². The molecule has 2 aliphatic rings. The maximum atomic E-state index is 12.6. The predicted octanol–water partition coefficient (Wildman–Crippen LogP) is 2.37. The summed E-state index contributed by atoms with van der Waals surface area (Å²) in [6, 6.07) is 1.91. The third-order valence-electron chi connectivity index (χ3n) is 4.54. The number of carbonyl (C=O) groups is 2. The van der Waals surface area contributed by atoms with Gasteiger partial charge in [-0.2, -0.15) is 0 Å². The number of Topliss-reactive ketones (excluding diaryl/α,β-unsaturated/α-hetero) is 1. The van der Waals surface area contributed by atoms with Crippen molar-refractivity contribution in [2.75, 3.05) is 19.1 Å². The van der Waals surface area contributed by atoms with Crippen molar-refractivity contribution in [3.63, 3.8) is 0 Å². The number of benzene rings is 1. The van der Waals surface area contributed by atoms with Crippen molar-refractivity contribution in [1.29, 1.82) is 0 Å². The molecule has 1 aliphatic carbocycles. The van der Waals surface area contributed by atoms with E-state index in [-0.39, 0.29) is 17.6 Å². The smallest absolute Gasteiger partial charge is 0.227 e. The van der Waals surface area contributed by atoms with Crippen LogP contribution in [0.2, 0.25) is 0 Å². The van der Waals surface area contributed by atoms with E-state index in [0.29, 0.717) is 12.8 Å². The normalized spacial score (nSPS) is 21.6. The second-order valence-corrected chi connectivity index (χ2v) is 5.69. The summed E-state index contributed by atoms with van der Waals surface area (Å²) in [6.45, 7) is 1.98. The average molecular weight is 273 g/mol. The Balaban J connectivity index is 2.27. The average Bonchev–Trinajstić information content (AvgIpc) is 2.45. The van der Waals surface area contributed by atoms with Gasteiger partial charge in [0, 0.05) is 36.6 Å². The lowest BCUT2D eigenvalue weighted by Gasteiger charge is -2.32. The molecule has 1 aromatic rings. The number of nitrogens with zero attached hydrogens (tertiary/aromatic N) is 1. The fraction of sp³-hybridized carbons (Fsp3) is 0.500. The van der Waals surface area contributed by atoms with Crippen LogP contribution >= 0.6 is 0 Å². The zero-order valence-corrected chi connectivity index (χ0v) is 12.2. The Kier molecular flexibility index (Phi) is 3.04. The number of ether oxygens (including phenoxy) is 1. The molecule has 106 valence electrons. The van der Waals surface area contributed by atoms with Gasteiger partial charge in [-0.15, -0.1) is 0 Å². The van der Waals surface area contributed by atoms with Gasteiger partial charge in [0.1, 0.15) is 5.75 Å². The minimum atomic E-state index is 0.0571. The zero-order valence-electron chi connectivity index (χ0n) is 12.2. The number of amides is 1. The van der Waals surface area contributed by atoms with Crippen molar-refractivity contribution in [3.8, 4) is 5.75 Å². The second kappa shape index (κ2) is 4.62. The quantitative estimate of drug-likeness (QED) is 0.789. The minimum absolute atomic E-state index is 0.0571. The minimum Gasteiger partial charge on any atom is -0.496 e. The highest BCUT2D eigenvalue weighted by molar-refractivity contribution is 6.06. The largest absolute Gasteiger partial charge is 0.496 e. The van der Waals surface area contributed by atoms with Crippen molar-refractivity contribution < 1.29 is 14.3 Å². The molecule has 1 amide bonds. The van der Waals surface area contributed by atoms with E-state index in [4.69, 9.17) is 4.74 Å². The summed E-state index contributed by atoms with van der Waals surface area (Å²) in [5, 5.41) is 0. The van der Waals surface area contributed by atoms with Gasteiger partial charge in [0.25, 0.3) is 0 Å². The van der Waals surface area contributed by atoms with E-state index in [1.165, 1.54) is 0 Å². The number of hydrogen-bond donors (Lipinski definition) is 0. The van der Waals surface area contributed by atoms with Crippen LogP contribution < -0.4 is 9.64 Å².